The van der Waals surface area contributed by atoms with Crippen molar-refractivity contribution in [1.29, 1.82) is 0 Å². The Hall–Kier alpha value is -1.33. The molecule has 2 rings (SSSR count). The van der Waals surface area contributed by atoms with Gasteiger partial charge in [-0.25, -0.2) is 4.68 Å². The molecule has 18 heavy (non-hydrogen) atoms. The van der Waals surface area contributed by atoms with Crippen LogP contribution in [0.1, 0.15) is 30.6 Å². The van der Waals surface area contributed by atoms with Gasteiger partial charge in [-0.3, -0.25) is 0 Å². The van der Waals surface area contributed by atoms with Gasteiger partial charge in [0.15, 0.2) is 0 Å². The molecule has 5 heteroatoms. The second-order valence-electron chi connectivity index (χ2n) is 4.10. The fraction of sp³-hybridized carbons (Fsp3) is 0.385. The van der Waals surface area contributed by atoms with Crippen molar-refractivity contribution in [1.82, 2.24) is 15.0 Å². The Morgan fingerprint density at radius 1 is 1.39 bits per heavy atom. The number of benzene rings is 1. The molecule has 0 aliphatic rings. The minimum atomic E-state index is -0.171. The van der Waals surface area contributed by atoms with Crippen LogP contribution < -0.4 is 5.73 Å². The second-order valence-corrected chi connectivity index (χ2v) is 4.95. The molecule has 0 aliphatic heterocycles. The first-order valence-electron chi connectivity index (χ1n) is 6.04. The molecule has 1 atom stereocenters. The van der Waals surface area contributed by atoms with E-state index in [1.54, 1.807) is 18.0 Å². The highest BCUT2D eigenvalue weighted by atomic mass is 32.2. The summed E-state index contributed by atoms with van der Waals surface area (Å²) in [6, 6.07) is 8.04. The zero-order valence-electron chi connectivity index (χ0n) is 10.7. The lowest BCUT2D eigenvalue weighted by Gasteiger charge is -2.16. The van der Waals surface area contributed by atoms with Gasteiger partial charge in [0.1, 0.15) is 0 Å². The normalized spacial score (nSPS) is 12.6. The monoisotopic (exact) mass is 262 g/mol. The fourth-order valence-corrected chi connectivity index (χ4v) is 2.62. The van der Waals surface area contributed by atoms with E-state index in [4.69, 9.17) is 5.73 Å². The van der Waals surface area contributed by atoms with Crippen LogP contribution in [-0.4, -0.2) is 21.2 Å². The van der Waals surface area contributed by atoms with E-state index >= 15 is 0 Å². The van der Waals surface area contributed by atoms with Gasteiger partial charge in [-0.1, -0.05) is 30.3 Å². The molecule has 4 nitrogen and oxygen atoms in total. The van der Waals surface area contributed by atoms with Gasteiger partial charge in [0.2, 0.25) is 0 Å². The number of aryl methyl sites for hydroxylation is 1. The summed E-state index contributed by atoms with van der Waals surface area (Å²) in [6.45, 7) is 2.97. The molecule has 1 unspecified atom stereocenters. The summed E-state index contributed by atoms with van der Waals surface area (Å²) in [4.78, 5) is 1.20. The van der Waals surface area contributed by atoms with E-state index in [9.17, 15) is 0 Å². The second kappa shape index (κ2) is 6.02. The van der Waals surface area contributed by atoms with Crippen LogP contribution in [0.3, 0.4) is 0 Å². The van der Waals surface area contributed by atoms with Crippen molar-refractivity contribution >= 4 is 11.8 Å². The number of nitrogens with zero attached hydrogens (tertiary/aromatic N) is 3. The van der Waals surface area contributed by atoms with Gasteiger partial charge in [-0.15, -0.1) is 16.9 Å². The van der Waals surface area contributed by atoms with Crippen molar-refractivity contribution < 1.29 is 0 Å². The molecule has 2 aromatic rings. The van der Waals surface area contributed by atoms with Crippen molar-refractivity contribution in [3.05, 3.63) is 41.7 Å². The molecular weight excluding hydrogens is 244 g/mol. The first-order chi connectivity index (χ1) is 8.77. The van der Waals surface area contributed by atoms with E-state index in [1.165, 1.54) is 4.90 Å². The minimum Gasteiger partial charge on any atom is -0.319 e. The molecule has 0 amide bonds. The average molecular weight is 262 g/mol. The Morgan fingerprint density at radius 3 is 2.89 bits per heavy atom. The third-order valence-electron chi connectivity index (χ3n) is 2.88. The number of aromatic nitrogens is 3. The highest BCUT2D eigenvalue weighted by molar-refractivity contribution is 7.98. The summed E-state index contributed by atoms with van der Waals surface area (Å²) in [5.74, 6) is 0. The van der Waals surface area contributed by atoms with Crippen LogP contribution in [-0.2, 0) is 6.54 Å². The lowest BCUT2D eigenvalue weighted by Crippen LogP contribution is -2.18. The van der Waals surface area contributed by atoms with Gasteiger partial charge >= 0.3 is 0 Å². The zero-order valence-corrected chi connectivity index (χ0v) is 11.5. The summed E-state index contributed by atoms with van der Waals surface area (Å²) in [5.41, 5.74) is 8.45. The number of nitrogens with two attached hydrogens (primary N) is 1. The molecule has 0 radical (unpaired) electrons. The third kappa shape index (κ3) is 2.57. The molecule has 0 spiro atoms. The lowest BCUT2D eigenvalue weighted by molar-refractivity contribution is 0.542. The molecular formula is C13H18N4S. The van der Waals surface area contributed by atoms with E-state index in [-0.39, 0.29) is 6.04 Å². The lowest BCUT2D eigenvalue weighted by atomic mass is 10.1. The highest BCUT2D eigenvalue weighted by Crippen LogP contribution is 2.28. The van der Waals surface area contributed by atoms with E-state index in [0.717, 1.165) is 24.2 Å². The summed E-state index contributed by atoms with van der Waals surface area (Å²) in [7, 11) is 0. The summed E-state index contributed by atoms with van der Waals surface area (Å²) in [5, 5.41) is 8.06. The van der Waals surface area contributed by atoms with Crippen LogP contribution in [0.15, 0.2) is 35.4 Å². The molecule has 0 fully saturated rings. The maximum Gasteiger partial charge on any atom is 0.0800 e. The summed E-state index contributed by atoms with van der Waals surface area (Å²) < 4.78 is 1.89. The van der Waals surface area contributed by atoms with E-state index in [1.807, 2.05) is 16.8 Å². The highest BCUT2D eigenvalue weighted by Gasteiger charge is 2.17. The molecule has 2 N–H and O–H groups in total. The topological polar surface area (TPSA) is 56.7 Å². The van der Waals surface area contributed by atoms with Gasteiger partial charge in [0, 0.05) is 11.4 Å². The van der Waals surface area contributed by atoms with E-state index in [2.05, 4.69) is 35.6 Å². The fourth-order valence-electron chi connectivity index (χ4n) is 1.97. The first kappa shape index (κ1) is 13.1. The van der Waals surface area contributed by atoms with Crippen molar-refractivity contribution in [3.63, 3.8) is 0 Å². The Morgan fingerprint density at radius 2 is 2.17 bits per heavy atom. The van der Waals surface area contributed by atoms with Crippen LogP contribution in [0.2, 0.25) is 0 Å². The zero-order chi connectivity index (χ0) is 13.0. The van der Waals surface area contributed by atoms with Crippen molar-refractivity contribution in [2.45, 2.75) is 30.8 Å². The summed E-state index contributed by atoms with van der Waals surface area (Å²) in [6.07, 6.45) is 4.85. The Kier molecular flexibility index (Phi) is 4.38. The SMILES string of the molecule is CCCn1nncc1C(N)c1ccccc1SC. The Balaban J connectivity index is 2.35. The van der Waals surface area contributed by atoms with Gasteiger partial charge in [0.25, 0.3) is 0 Å². The van der Waals surface area contributed by atoms with Crippen molar-refractivity contribution in [2.24, 2.45) is 5.73 Å². The summed E-state index contributed by atoms with van der Waals surface area (Å²) >= 11 is 1.71. The average Bonchev–Trinajstić information content (AvgIpc) is 2.86. The van der Waals surface area contributed by atoms with Gasteiger partial charge in [-0.05, 0) is 24.3 Å². The van der Waals surface area contributed by atoms with Gasteiger partial charge in [-0.2, -0.15) is 0 Å². The first-order valence-corrected chi connectivity index (χ1v) is 7.27. The minimum absolute atomic E-state index is 0.171. The molecule has 1 heterocycles. The standard InChI is InChI=1S/C13H18N4S/c1-3-8-17-11(9-15-16-17)13(14)10-6-4-5-7-12(10)18-2/h4-7,9,13H,3,8,14H2,1-2H3. The Labute approximate surface area is 112 Å². The van der Waals surface area contributed by atoms with Crippen molar-refractivity contribution in [2.75, 3.05) is 6.26 Å². The molecule has 96 valence electrons. The number of hydrogen-bond acceptors (Lipinski definition) is 4. The third-order valence-corrected chi connectivity index (χ3v) is 3.69. The molecule has 0 saturated carbocycles. The van der Waals surface area contributed by atoms with Crippen LogP contribution in [0, 0.1) is 0 Å². The predicted molar refractivity (Wildman–Crippen MR) is 74.6 cm³/mol. The van der Waals surface area contributed by atoms with Crippen LogP contribution in [0.25, 0.3) is 0 Å². The predicted octanol–water partition coefficient (Wildman–Crippen LogP) is 2.46. The van der Waals surface area contributed by atoms with Crippen LogP contribution >= 0.6 is 11.8 Å². The van der Waals surface area contributed by atoms with Crippen molar-refractivity contribution in [3.8, 4) is 0 Å². The maximum absolute atomic E-state index is 6.35. The van der Waals surface area contributed by atoms with Gasteiger partial charge in [0.05, 0.1) is 17.9 Å². The number of hydrogen-bond donors (Lipinski definition) is 1. The number of thioether (sulfide) groups is 1. The molecule has 0 aliphatic carbocycles. The largest absolute Gasteiger partial charge is 0.319 e. The smallest absolute Gasteiger partial charge is 0.0800 e. The van der Waals surface area contributed by atoms with Gasteiger partial charge < -0.3 is 5.73 Å². The Bertz CT molecular complexity index is 509. The van der Waals surface area contributed by atoms with E-state index in [0.29, 0.717) is 0 Å². The van der Waals surface area contributed by atoms with Crippen LogP contribution in [0.4, 0.5) is 0 Å². The maximum atomic E-state index is 6.35. The molecule has 1 aromatic carbocycles. The molecule has 0 saturated heterocycles. The molecule has 0 bridgehead atoms. The van der Waals surface area contributed by atoms with Crippen LogP contribution in [0.5, 0.6) is 0 Å². The van der Waals surface area contributed by atoms with E-state index < -0.39 is 0 Å². The quantitative estimate of drug-likeness (QED) is 0.841. The molecule has 1 aromatic heterocycles. The number of rotatable bonds is 5.